The lowest BCUT2D eigenvalue weighted by atomic mass is 9.55. The highest BCUT2D eigenvalue weighted by atomic mass is 19.1. The highest BCUT2D eigenvalue weighted by Gasteiger charge is 2.50. The molecule has 2 aliphatic heterocycles. The van der Waals surface area contributed by atoms with Crippen LogP contribution < -0.4 is 9.47 Å². The van der Waals surface area contributed by atoms with Crippen molar-refractivity contribution in [2.75, 3.05) is 20.2 Å². The number of hydrogen-bond donors (Lipinski definition) is 0. The fourth-order valence-electron chi connectivity index (χ4n) is 6.18. The van der Waals surface area contributed by atoms with Crippen molar-refractivity contribution in [3.63, 3.8) is 0 Å². The van der Waals surface area contributed by atoms with Gasteiger partial charge in [0.1, 0.15) is 6.10 Å². The Hall–Kier alpha value is -1.33. The smallest absolute Gasteiger partial charge is 0.197 e. The van der Waals surface area contributed by atoms with Gasteiger partial charge in [-0.05, 0) is 88.3 Å². The summed E-state index contributed by atoms with van der Waals surface area (Å²) >= 11 is 0. The number of ether oxygens (including phenoxy) is 3. The zero-order valence-electron chi connectivity index (χ0n) is 18.9. The molecule has 0 aromatic heterocycles. The van der Waals surface area contributed by atoms with Crippen LogP contribution in [0.5, 0.6) is 11.5 Å². The third kappa shape index (κ3) is 3.62. The van der Waals surface area contributed by atoms with Gasteiger partial charge in [-0.3, -0.25) is 4.90 Å². The molecule has 1 aromatic carbocycles. The molecular weight excluding hydrogens is 381 g/mol. The van der Waals surface area contributed by atoms with E-state index < -0.39 is 0 Å². The van der Waals surface area contributed by atoms with Crippen LogP contribution in [0.3, 0.4) is 0 Å². The number of benzene rings is 1. The van der Waals surface area contributed by atoms with E-state index in [1.54, 1.807) is 7.11 Å². The molecule has 166 valence electrons. The summed E-state index contributed by atoms with van der Waals surface area (Å²) in [6.45, 7) is 8.12. The highest BCUT2D eigenvalue weighted by molar-refractivity contribution is 5.51. The van der Waals surface area contributed by atoms with Crippen molar-refractivity contribution < 1.29 is 18.6 Å². The van der Waals surface area contributed by atoms with Crippen LogP contribution in [-0.2, 0) is 11.2 Å². The van der Waals surface area contributed by atoms with Crippen LogP contribution >= 0.6 is 0 Å². The minimum absolute atomic E-state index is 0.133. The van der Waals surface area contributed by atoms with Crippen LogP contribution in [0.15, 0.2) is 6.07 Å². The number of hydrogen-bond acceptors (Lipinski definition) is 4. The van der Waals surface area contributed by atoms with Crippen molar-refractivity contribution in [1.82, 2.24) is 4.90 Å². The first-order valence-electron chi connectivity index (χ1n) is 11.7. The Morgan fingerprint density at radius 2 is 1.90 bits per heavy atom. The van der Waals surface area contributed by atoms with Gasteiger partial charge in [0, 0.05) is 19.1 Å². The average molecular weight is 418 g/mol. The Kier molecular flexibility index (Phi) is 5.05. The summed E-state index contributed by atoms with van der Waals surface area (Å²) in [6, 6.07) is 2.29. The third-order valence-corrected chi connectivity index (χ3v) is 7.73. The second kappa shape index (κ2) is 7.37. The van der Waals surface area contributed by atoms with Crippen LogP contribution in [0.1, 0.15) is 82.9 Å². The topological polar surface area (TPSA) is 30.9 Å². The normalized spacial score (nSPS) is 28.3. The number of fused-ring (bicyclic) bond motifs is 3. The molecule has 3 fully saturated rings. The van der Waals surface area contributed by atoms with E-state index in [1.165, 1.54) is 19.3 Å². The molecule has 2 aliphatic carbocycles. The molecule has 0 radical (unpaired) electrons. The first-order valence-corrected chi connectivity index (χ1v) is 11.7. The summed E-state index contributed by atoms with van der Waals surface area (Å²) in [5.74, 6) is 0.705. The van der Waals surface area contributed by atoms with Gasteiger partial charge in [-0.2, -0.15) is 0 Å². The number of rotatable bonds is 4. The van der Waals surface area contributed by atoms with Gasteiger partial charge in [-0.1, -0.05) is 6.42 Å². The molecule has 2 atom stereocenters. The number of nitrogens with zero attached hydrogens (tertiary/aromatic N) is 1. The molecule has 5 rings (SSSR count). The maximum absolute atomic E-state index is 15.6. The molecule has 2 saturated carbocycles. The van der Waals surface area contributed by atoms with E-state index in [1.807, 2.05) is 6.07 Å². The molecule has 0 bridgehead atoms. The van der Waals surface area contributed by atoms with E-state index in [2.05, 4.69) is 25.7 Å². The third-order valence-electron chi connectivity index (χ3n) is 7.73. The summed E-state index contributed by atoms with van der Waals surface area (Å²) in [6.07, 6.45) is 9.19. The second-order valence-corrected chi connectivity index (χ2v) is 11.0. The standard InChI is InChI=1S/C25H36FNO3/c1-24(2,3)30-16-6-7-20-19-12-21(28-4)23(22(26)18(19)8-11-27(20)15-16)29-17-13-25(14-17)9-5-10-25/h12,16-17,20H,5-11,13-15H2,1-4H3. The molecule has 0 amide bonds. The Morgan fingerprint density at radius 3 is 2.53 bits per heavy atom. The first-order chi connectivity index (χ1) is 14.3. The SMILES string of the molecule is COc1cc2c(c(F)c1OC1CC3(CCC3)C1)CCN1CC(OC(C)(C)C)CCC21. The Balaban J connectivity index is 1.34. The number of methoxy groups -OCH3 is 1. The predicted molar refractivity (Wildman–Crippen MR) is 115 cm³/mol. The van der Waals surface area contributed by atoms with Gasteiger partial charge in [0.2, 0.25) is 0 Å². The van der Waals surface area contributed by atoms with Gasteiger partial charge < -0.3 is 14.2 Å². The van der Waals surface area contributed by atoms with Crippen LogP contribution in [0.4, 0.5) is 4.39 Å². The van der Waals surface area contributed by atoms with Crippen LogP contribution in [0.25, 0.3) is 0 Å². The summed E-state index contributed by atoms with van der Waals surface area (Å²) < 4.78 is 33.6. The van der Waals surface area contributed by atoms with Gasteiger partial charge in [0.05, 0.1) is 18.8 Å². The maximum Gasteiger partial charge on any atom is 0.197 e. The molecule has 1 saturated heterocycles. The Labute approximate surface area is 180 Å². The molecule has 1 aromatic rings. The van der Waals surface area contributed by atoms with E-state index in [4.69, 9.17) is 14.2 Å². The molecule has 5 heteroatoms. The van der Waals surface area contributed by atoms with Crippen molar-refractivity contribution in [3.8, 4) is 11.5 Å². The van der Waals surface area contributed by atoms with Crippen LogP contribution in [0.2, 0.25) is 0 Å². The summed E-state index contributed by atoms with van der Waals surface area (Å²) in [7, 11) is 1.62. The van der Waals surface area contributed by atoms with Crippen molar-refractivity contribution >= 4 is 0 Å². The van der Waals surface area contributed by atoms with E-state index in [9.17, 15) is 0 Å². The zero-order valence-corrected chi connectivity index (χ0v) is 18.9. The summed E-state index contributed by atoms with van der Waals surface area (Å²) in [5.41, 5.74) is 2.30. The van der Waals surface area contributed by atoms with Gasteiger partial charge in [-0.25, -0.2) is 4.39 Å². The van der Waals surface area contributed by atoms with Crippen LogP contribution in [-0.4, -0.2) is 42.9 Å². The zero-order chi connectivity index (χ0) is 21.1. The number of halogens is 1. The van der Waals surface area contributed by atoms with Crippen molar-refractivity contribution in [3.05, 3.63) is 23.0 Å². The second-order valence-electron chi connectivity index (χ2n) is 11.0. The largest absolute Gasteiger partial charge is 0.493 e. The van der Waals surface area contributed by atoms with Crippen LogP contribution in [0, 0.1) is 11.2 Å². The van der Waals surface area contributed by atoms with E-state index in [0.29, 0.717) is 16.9 Å². The molecule has 4 aliphatic rings. The minimum atomic E-state index is -0.188. The quantitative estimate of drug-likeness (QED) is 0.654. The van der Waals surface area contributed by atoms with Gasteiger partial charge in [0.15, 0.2) is 17.3 Å². The lowest BCUT2D eigenvalue weighted by Gasteiger charge is -2.53. The Morgan fingerprint density at radius 1 is 1.13 bits per heavy atom. The van der Waals surface area contributed by atoms with E-state index >= 15 is 4.39 Å². The number of piperidine rings is 1. The van der Waals surface area contributed by atoms with Crippen molar-refractivity contribution in [2.24, 2.45) is 5.41 Å². The predicted octanol–water partition coefficient (Wildman–Crippen LogP) is 5.42. The summed E-state index contributed by atoms with van der Waals surface area (Å²) in [5, 5.41) is 0. The Bertz CT molecular complexity index is 806. The average Bonchev–Trinajstić information content (AvgIpc) is 2.62. The fourth-order valence-corrected chi connectivity index (χ4v) is 6.18. The first kappa shape index (κ1) is 20.6. The van der Waals surface area contributed by atoms with E-state index in [-0.39, 0.29) is 29.7 Å². The van der Waals surface area contributed by atoms with Gasteiger partial charge in [-0.15, -0.1) is 0 Å². The lowest BCUT2D eigenvalue weighted by molar-refractivity contribution is -0.0973. The maximum atomic E-state index is 15.6. The van der Waals surface area contributed by atoms with Crippen molar-refractivity contribution in [1.29, 1.82) is 0 Å². The molecular formula is C25H36FNO3. The molecule has 0 N–H and O–H groups in total. The van der Waals surface area contributed by atoms with Gasteiger partial charge >= 0.3 is 0 Å². The lowest BCUT2D eigenvalue weighted by Crippen LogP contribution is -2.48. The minimum Gasteiger partial charge on any atom is -0.493 e. The fraction of sp³-hybridized carbons (Fsp3) is 0.760. The molecule has 1 spiro atoms. The molecule has 2 heterocycles. The summed E-state index contributed by atoms with van der Waals surface area (Å²) in [4.78, 5) is 2.47. The van der Waals surface area contributed by atoms with Crippen molar-refractivity contribution in [2.45, 2.75) is 96.0 Å². The van der Waals surface area contributed by atoms with E-state index in [0.717, 1.165) is 56.3 Å². The molecule has 30 heavy (non-hydrogen) atoms. The van der Waals surface area contributed by atoms with Gasteiger partial charge in [0.25, 0.3) is 0 Å². The molecule has 4 nitrogen and oxygen atoms in total. The monoisotopic (exact) mass is 417 g/mol. The highest BCUT2D eigenvalue weighted by Crippen LogP contribution is 2.57. The molecule has 2 unspecified atom stereocenters.